The number of pyridine rings is 1. The minimum absolute atomic E-state index is 0.232. The van der Waals surface area contributed by atoms with E-state index in [9.17, 15) is 8.42 Å². The van der Waals surface area contributed by atoms with E-state index in [-0.39, 0.29) is 4.90 Å². The van der Waals surface area contributed by atoms with E-state index in [1.54, 1.807) is 12.3 Å². The summed E-state index contributed by atoms with van der Waals surface area (Å²) in [6.45, 7) is 3.12. The average molecular weight is 311 g/mol. The van der Waals surface area contributed by atoms with Crippen LogP contribution in [0.25, 0.3) is 0 Å². The number of nitrogens with one attached hydrogen (secondary N) is 2. The van der Waals surface area contributed by atoms with E-state index >= 15 is 0 Å². The van der Waals surface area contributed by atoms with E-state index < -0.39 is 10.0 Å². The van der Waals surface area contributed by atoms with Crippen molar-refractivity contribution in [1.82, 2.24) is 9.71 Å². The third kappa shape index (κ3) is 4.68. The van der Waals surface area contributed by atoms with Gasteiger partial charge in [0.1, 0.15) is 4.90 Å². The normalized spacial score (nSPS) is 16.8. The molecule has 5 nitrogen and oxygen atoms in total. The monoisotopic (exact) mass is 311 g/mol. The van der Waals surface area contributed by atoms with Gasteiger partial charge in [0, 0.05) is 25.5 Å². The molecule has 0 radical (unpaired) electrons. The van der Waals surface area contributed by atoms with Crippen molar-refractivity contribution in [3.63, 3.8) is 0 Å². The van der Waals surface area contributed by atoms with Gasteiger partial charge in [0.15, 0.2) is 0 Å². The second-order valence-electron chi connectivity index (χ2n) is 5.59. The molecule has 6 heteroatoms. The Labute approximate surface area is 127 Å². The molecule has 0 unspecified atom stereocenters. The lowest BCUT2D eigenvalue weighted by Crippen LogP contribution is -2.27. The third-order valence-corrected chi connectivity index (χ3v) is 5.50. The van der Waals surface area contributed by atoms with Crippen molar-refractivity contribution in [1.29, 1.82) is 0 Å². The van der Waals surface area contributed by atoms with Gasteiger partial charge in [-0.25, -0.2) is 13.1 Å². The maximum absolute atomic E-state index is 12.4. The van der Waals surface area contributed by atoms with Crippen molar-refractivity contribution in [2.45, 2.75) is 50.3 Å². The minimum Gasteiger partial charge on any atom is -0.384 e. The molecule has 21 heavy (non-hydrogen) atoms. The predicted molar refractivity (Wildman–Crippen MR) is 84.8 cm³/mol. The molecule has 0 spiro atoms. The molecule has 0 aliphatic heterocycles. The second-order valence-corrected chi connectivity index (χ2v) is 7.33. The number of nitrogens with zero attached hydrogens (tertiary/aromatic N) is 1. The van der Waals surface area contributed by atoms with Crippen molar-refractivity contribution in [2.24, 2.45) is 5.92 Å². The van der Waals surface area contributed by atoms with Crippen LogP contribution in [0.1, 0.15) is 45.4 Å². The molecule has 1 aromatic heterocycles. The molecule has 0 bridgehead atoms. The first kappa shape index (κ1) is 16.2. The van der Waals surface area contributed by atoms with Gasteiger partial charge in [0.05, 0.1) is 5.69 Å². The molecule has 1 saturated carbocycles. The number of rotatable bonds is 7. The summed E-state index contributed by atoms with van der Waals surface area (Å²) in [5.74, 6) is 0.670. The number of aromatic nitrogens is 1. The summed E-state index contributed by atoms with van der Waals surface area (Å²) in [4.78, 5) is 4.16. The quantitative estimate of drug-likeness (QED) is 0.812. The minimum atomic E-state index is -3.49. The molecule has 1 aliphatic rings. The van der Waals surface area contributed by atoms with Crippen LogP contribution in [0.4, 0.5) is 5.69 Å². The van der Waals surface area contributed by atoms with Crippen molar-refractivity contribution < 1.29 is 8.42 Å². The van der Waals surface area contributed by atoms with Crippen molar-refractivity contribution in [2.75, 3.05) is 18.4 Å². The molecule has 2 N–H and O–H groups in total. The maximum Gasteiger partial charge on any atom is 0.244 e. The zero-order chi connectivity index (χ0) is 15.1. The Bertz CT molecular complexity index is 540. The van der Waals surface area contributed by atoms with E-state index in [1.807, 2.05) is 6.92 Å². The van der Waals surface area contributed by atoms with Gasteiger partial charge in [-0.15, -0.1) is 0 Å². The molecule has 0 atom stereocenters. The molecule has 0 saturated heterocycles. The predicted octanol–water partition coefficient (Wildman–Crippen LogP) is 2.76. The smallest absolute Gasteiger partial charge is 0.244 e. The topological polar surface area (TPSA) is 71.1 Å². The lowest BCUT2D eigenvalue weighted by molar-refractivity contribution is 0.339. The molecule has 0 aromatic carbocycles. The highest BCUT2D eigenvalue weighted by atomic mass is 32.2. The van der Waals surface area contributed by atoms with Crippen molar-refractivity contribution >= 4 is 15.7 Å². The Morgan fingerprint density at radius 3 is 2.76 bits per heavy atom. The van der Waals surface area contributed by atoms with Gasteiger partial charge in [0.2, 0.25) is 10.0 Å². The molecule has 0 amide bonds. The van der Waals surface area contributed by atoms with Crippen LogP contribution in [-0.2, 0) is 10.0 Å². The van der Waals surface area contributed by atoms with Crippen LogP contribution in [0.15, 0.2) is 23.4 Å². The highest BCUT2D eigenvalue weighted by Crippen LogP contribution is 2.26. The summed E-state index contributed by atoms with van der Waals surface area (Å²) in [6, 6.07) is 1.69. The van der Waals surface area contributed by atoms with Gasteiger partial charge in [-0.05, 0) is 25.3 Å². The Morgan fingerprint density at radius 2 is 2.05 bits per heavy atom. The van der Waals surface area contributed by atoms with E-state index in [2.05, 4.69) is 15.0 Å². The summed E-state index contributed by atoms with van der Waals surface area (Å²) >= 11 is 0. The standard InChI is InChI=1S/C15H25N3O2S/c1-2-17-14-9-10-16-12-15(14)21(19,20)18-11-8-13-6-4-3-5-7-13/h9-10,12-13,18H,2-8,11H2,1H3,(H,16,17). The van der Waals surface area contributed by atoms with E-state index in [4.69, 9.17) is 0 Å². The van der Waals surface area contributed by atoms with E-state index in [1.165, 1.54) is 38.3 Å². The van der Waals surface area contributed by atoms with Crippen LogP contribution in [0.3, 0.4) is 0 Å². The maximum atomic E-state index is 12.4. The summed E-state index contributed by atoms with van der Waals surface area (Å²) in [7, 11) is -3.49. The fourth-order valence-electron chi connectivity index (χ4n) is 2.88. The fraction of sp³-hybridized carbons (Fsp3) is 0.667. The van der Waals surface area contributed by atoms with Crippen molar-refractivity contribution in [3.05, 3.63) is 18.5 Å². The highest BCUT2D eigenvalue weighted by Gasteiger charge is 2.19. The fourth-order valence-corrected chi connectivity index (χ4v) is 4.05. The first-order valence-electron chi connectivity index (χ1n) is 7.81. The zero-order valence-corrected chi connectivity index (χ0v) is 13.5. The van der Waals surface area contributed by atoms with E-state index in [0.717, 1.165) is 6.42 Å². The SMILES string of the molecule is CCNc1ccncc1S(=O)(=O)NCCC1CCCCC1. The largest absolute Gasteiger partial charge is 0.384 e. The first-order valence-corrected chi connectivity index (χ1v) is 9.29. The third-order valence-electron chi connectivity index (χ3n) is 4.01. The summed E-state index contributed by atoms with van der Waals surface area (Å²) < 4.78 is 27.5. The average Bonchev–Trinajstić information content (AvgIpc) is 2.49. The van der Waals surface area contributed by atoms with Crippen LogP contribution < -0.4 is 10.0 Å². The zero-order valence-electron chi connectivity index (χ0n) is 12.6. The van der Waals surface area contributed by atoms with Gasteiger partial charge in [-0.2, -0.15) is 0 Å². The molecule has 1 heterocycles. The summed E-state index contributed by atoms with van der Waals surface area (Å²) in [6.07, 6.45) is 10.3. The van der Waals surface area contributed by atoms with Gasteiger partial charge in [-0.3, -0.25) is 4.98 Å². The van der Waals surface area contributed by atoms with Crippen LogP contribution >= 0.6 is 0 Å². The number of hydrogen-bond donors (Lipinski definition) is 2. The Balaban J connectivity index is 1.94. The van der Waals surface area contributed by atoms with Gasteiger partial charge < -0.3 is 5.32 Å². The lowest BCUT2D eigenvalue weighted by atomic mass is 9.87. The highest BCUT2D eigenvalue weighted by molar-refractivity contribution is 7.89. The van der Waals surface area contributed by atoms with Gasteiger partial charge >= 0.3 is 0 Å². The van der Waals surface area contributed by atoms with Crippen molar-refractivity contribution in [3.8, 4) is 0 Å². The number of anilines is 1. The molecular formula is C15H25N3O2S. The first-order chi connectivity index (χ1) is 10.1. The lowest BCUT2D eigenvalue weighted by Gasteiger charge is -2.21. The van der Waals surface area contributed by atoms with Crippen LogP contribution in [0.2, 0.25) is 0 Å². The Kier molecular flexibility index (Phi) is 5.99. The molecular weight excluding hydrogens is 286 g/mol. The van der Waals surface area contributed by atoms with Gasteiger partial charge in [-0.1, -0.05) is 32.1 Å². The second kappa shape index (κ2) is 7.75. The molecule has 1 aliphatic carbocycles. The van der Waals surface area contributed by atoms with Crippen LogP contribution in [0, 0.1) is 5.92 Å². The Hall–Kier alpha value is -1.14. The summed E-state index contributed by atoms with van der Waals surface area (Å²) in [5.41, 5.74) is 0.609. The number of hydrogen-bond acceptors (Lipinski definition) is 4. The molecule has 1 fully saturated rings. The van der Waals surface area contributed by atoms with Crippen LogP contribution in [-0.4, -0.2) is 26.5 Å². The molecule has 118 valence electrons. The Morgan fingerprint density at radius 1 is 1.29 bits per heavy atom. The van der Waals surface area contributed by atoms with E-state index in [0.29, 0.717) is 24.7 Å². The summed E-state index contributed by atoms with van der Waals surface area (Å²) in [5, 5.41) is 3.06. The molecule has 1 aromatic rings. The molecule has 2 rings (SSSR count). The van der Waals surface area contributed by atoms with Gasteiger partial charge in [0.25, 0.3) is 0 Å². The van der Waals surface area contributed by atoms with Crippen LogP contribution in [0.5, 0.6) is 0 Å². The number of sulfonamides is 1.